The molecule has 0 atom stereocenters. The molecule has 0 amide bonds. The summed E-state index contributed by atoms with van der Waals surface area (Å²) in [6.45, 7) is 2.37. The summed E-state index contributed by atoms with van der Waals surface area (Å²) in [5.41, 5.74) is 18.2. The number of hydrogen-bond donors (Lipinski definition) is 1. The maximum atomic E-state index is 5.64. The number of allylic oxidation sites excluding steroid dienone is 4. The second-order valence-electron chi connectivity index (χ2n) is 12.0. The summed E-state index contributed by atoms with van der Waals surface area (Å²) >= 11 is 1.91. The summed E-state index contributed by atoms with van der Waals surface area (Å²) in [5, 5.41) is 3.99. The van der Waals surface area contributed by atoms with E-state index in [-0.39, 0.29) is 0 Å². The fourth-order valence-electron chi connectivity index (χ4n) is 6.91. The van der Waals surface area contributed by atoms with E-state index in [1.165, 1.54) is 81.4 Å². The number of nitrogens with two attached hydrogens (primary N) is 1. The Morgan fingerprint density at radius 1 is 0.787 bits per heavy atom. The van der Waals surface area contributed by atoms with E-state index in [1.54, 1.807) is 0 Å². The van der Waals surface area contributed by atoms with E-state index in [2.05, 4.69) is 149 Å². The van der Waals surface area contributed by atoms with Gasteiger partial charge in [0, 0.05) is 43.9 Å². The van der Waals surface area contributed by atoms with Crippen LogP contribution in [0.15, 0.2) is 138 Å². The maximum Gasteiger partial charge on any atom is 0.0855 e. The highest BCUT2D eigenvalue weighted by Crippen LogP contribution is 2.46. The minimum absolute atomic E-state index is 0.328. The molecule has 2 aromatic heterocycles. The minimum Gasteiger partial charge on any atom is -0.312 e. The number of aliphatic imine (C=N–C) groups is 1. The Morgan fingerprint density at radius 3 is 2.36 bits per heavy atom. The number of thiophene rings is 1. The molecule has 4 heteroatoms. The van der Waals surface area contributed by atoms with Crippen LogP contribution in [0.3, 0.4) is 0 Å². The van der Waals surface area contributed by atoms with Crippen LogP contribution < -0.4 is 5.73 Å². The van der Waals surface area contributed by atoms with Gasteiger partial charge in [-0.2, -0.15) is 0 Å². The summed E-state index contributed by atoms with van der Waals surface area (Å²) in [5.74, 6) is 0. The highest BCUT2D eigenvalue weighted by molar-refractivity contribution is 7.26. The fraction of sp³-hybridized carbons (Fsp3) is 0.0930. The van der Waals surface area contributed by atoms with E-state index in [1.807, 2.05) is 24.5 Å². The Hall–Kier alpha value is -5.29. The minimum atomic E-state index is 0.328. The van der Waals surface area contributed by atoms with Crippen LogP contribution in [-0.2, 0) is 6.42 Å². The summed E-state index contributed by atoms with van der Waals surface area (Å²) < 4.78 is 5.11. The Labute approximate surface area is 279 Å². The number of aromatic nitrogens is 1. The predicted octanol–water partition coefficient (Wildman–Crippen LogP) is 11.2. The van der Waals surface area contributed by atoms with E-state index in [0.717, 1.165) is 12.8 Å². The molecule has 0 saturated carbocycles. The molecule has 3 nitrogen and oxygen atoms in total. The topological polar surface area (TPSA) is 43.3 Å². The van der Waals surface area contributed by atoms with Crippen molar-refractivity contribution in [3.8, 4) is 27.9 Å². The number of rotatable bonds is 8. The van der Waals surface area contributed by atoms with Gasteiger partial charge in [0.1, 0.15) is 0 Å². The van der Waals surface area contributed by atoms with Gasteiger partial charge in [0.25, 0.3) is 0 Å². The highest BCUT2D eigenvalue weighted by atomic mass is 32.1. The molecule has 0 bridgehead atoms. The first-order valence-electron chi connectivity index (χ1n) is 16.2. The molecule has 0 unspecified atom stereocenters. The zero-order chi connectivity index (χ0) is 31.7. The van der Waals surface area contributed by atoms with Crippen molar-refractivity contribution in [1.29, 1.82) is 0 Å². The number of hydrogen-bond acceptors (Lipinski definition) is 3. The standard InChI is InChI=1S/C43H35N3S/c1-2-3-6-11-29-22-33(31-12-7-4-8-13-31)26-34(23-29)32-16-19-41-37(27-32)36-17-18-39-42(43(36)47-41)38-24-30(20-21-45-28-44)25-40(38)46(39)35-14-9-5-10-15-35/h2-19,21-23,25-27H,20,24,28,44H2,1H3/b3-2-,11-6-,45-21-. The van der Waals surface area contributed by atoms with Gasteiger partial charge in [-0.05, 0) is 101 Å². The quantitative estimate of drug-likeness (QED) is 0.132. The molecule has 0 radical (unpaired) electrons. The third-order valence-electron chi connectivity index (χ3n) is 9.05. The van der Waals surface area contributed by atoms with Crippen LogP contribution in [0.25, 0.3) is 71.2 Å². The molecule has 1 aliphatic carbocycles. The zero-order valence-corrected chi connectivity index (χ0v) is 27.2. The Balaban J connectivity index is 1.30. The molecule has 8 rings (SSSR count). The molecule has 7 aromatic rings. The van der Waals surface area contributed by atoms with Crippen LogP contribution in [-0.4, -0.2) is 17.5 Å². The highest BCUT2D eigenvalue weighted by Gasteiger charge is 2.25. The van der Waals surface area contributed by atoms with Crippen LogP contribution in [0.5, 0.6) is 0 Å². The molecule has 2 N–H and O–H groups in total. The first-order chi connectivity index (χ1) is 23.2. The van der Waals surface area contributed by atoms with Gasteiger partial charge in [0.2, 0.25) is 0 Å². The van der Waals surface area contributed by atoms with Crippen LogP contribution in [0.1, 0.15) is 30.2 Å². The van der Waals surface area contributed by atoms with Crippen LogP contribution in [0.2, 0.25) is 0 Å². The molecular weight excluding hydrogens is 591 g/mol. The molecule has 1 aliphatic rings. The molecule has 0 aliphatic heterocycles. The van der Waals surface area contributed by atoms with Crippen molar-refractivity contribution in [2.45, 2.75) is 19.8 Å². The van der Waals surface area contributed by atoms with Crippen molar-refractivity contribution in [2.24, 2.45) is 10.7 Å². The van der Waals surface area contributed by atoms with Crippen molar-refractivity contribution in [3.05, 3.63) is 150 Å². The van der Waals surface area contributed by atoms with Crippen molar-refractivity contribution in [3.63, 3.8) is 0 Å². The van der Waals surface area contributed by atoms with Gasteiger partial charge >= 0.3 is 0 Å². The Morgan fingerprint density at radius 2 is 1.57 bits per heavy atom. The third-order valence-corrected chi connectivity index (χ3v) is 10.2. The van der Waals surface area contributed by atoms with E-state index >= 15 is 0 Å². The van der Waals surface area contributed by atoms with Gasteiger partial charge in [0.05, 0.1) is 17.9 Å². The predicted molar refractivity (Wildman–Crippen MR) is 205 cm³/mol. The molecule has 0 saturated heterocycles. The molecule has 228 valence electrons. The lowest BCUT2D eigenvalue weighted by atomic mass is 9.95. The number of benzene rings is 5. The smallest absolute Gasteiger partial charge is 0.0855 e. The van der Waals surface area contributed by atoms with Crippen LogP contribution >= 0.6 is 11.3 Å². The SMILES string of the molecule is C/C=C\C=C/c1cc(-c2ccccc2)cc(-c2ccc3sc4c(ccc5c4c4c(n5-c5ccccc5)C=C(C/C=N\CN)C4)c3c2)c1. The van der Waals surface area contributed by atoms with Gasteiger partial charge in [-0.3, -0.25) is 4.99 Å². The summed E-state index contributed by atoms with van der Waals surface area (Å²) in [6, 6.07) is 39.9. The number of fused-ring (bicyclic) bond motifs is 7. The summed E-state index contributed by atoms with van der Waals surface area (Å²) in [4.78, 5) is 4.28. The van der Waals surface area contributed by atoms with Gasteiger partial charge in [-0.15, -0.1) is 11.3 Å². The fourth-order valence-corrected chi connectivity index (χ4v) is 8.17. The monoisotopic (exact) mass is 625 g/mol. The molecule has 2 heterocycles. The zero-order valence-electron chi connectivity index (χ0n) is 26.4. The van der Waals surface area contributed by atoms with E-state index in [9.17, 15) is 0 Å². The first-order valence-corrected chi connectivity index (χ1v) is 17.0. The van der Waals surface area contributed by atoms with E-state index in [4.69, 9.17) is 5.73 Å². The van der Waals surface area contributed by atoms with Crippen LogP contribution in [0, 0.1) is 0 Å². The number of nitrogens with zero attached hydrogens (tertiary/aromatic N) is 2. The van der Waals surface area contributed by atoms with E-state index in [0.29, 0.717) is 6.67 Å². The Bertz CT molecular complexity index is 2390. The lowest BCUT2D eigenvalue weighted by Crippen LogP contribution is -1.96. The van der Waals surface area contributed by atoms with Gasteiger partial charge in [-0.25, -0.2) is 0 Å². The second-order valence-corrected chi connectivity index (χ2v) is 13.1. The summed E-state index contributed by atoms with van der Waals surface area (Å²) in [7, 11) is 0. The van der Waals surface area contributed by atoms with E-state index < -0.39 is 0 Å². The normalized spacial score (nSPS) is 13.3. The first kappa shape index (κ1) is 29.1. The van der Waals surface area contributed by atoms with Crippen molar-refractivity contribution in [1.82, 2.24) is 4.57 Å². The van der Waals surface area contributed by atoms with Gasteiger partial charge in [-0.1, -0.05) is 90.5 Å². The largest absolute Gasteiger partial charge is 0.312 e. The molecule has 0 fully saturated rings. The van der Waals surface area contributed by atoms with Gasteiger partial charge < -0.3 is 10.3 Å². The lowest BCUT2D eigenvalue weighted by Gasteiger charge is -2.10. The Kier molecular flexibility index (Phi) is 7.74. The lowest BCUT2D eigenvalue weighted by molar-refractivity contribution is 1.06. The van der Waals surface area contributed by atoms with Crippen molar-refractivity contribution in [2.75, 3.05) is 6.67 Å². The molecule has 47 heavy (non-hydrogen) atoms. The third kappa shape index (κ3) is 5.36. The number of para-hydroxylation sites is 1. The average Bonchev–Trinajstić information content (AvgIpc) is 3.78. The van der Waals surface area contributed by atoms with Crippen molar-refractivity contribution >= 4 is 60.8 Å². The van der Waals surface area contributed by atoms with Crippen molar-refractivity contribution < 1.29 is 0 Å². The summed E-state index contributed by atoms with van der Waals surface area (Å²) in [6.07, 6.45) is 14.5. The van der Waals surface area contributed by atoms with Crippen LogP contribution in [0.4, 0.5) is 0 Å². The molecule has 5 aromatic carbocycles. The second kappa shape index (κ2) is 12.5. The maximum absolute atomic E-state index is 5.64. The molecule has 0 spiro atoms. The average molecular weight is 626 g/mol. The molecular formula is C43H35N3S. The van der Waals surface area contributed by atoms with Gasteiger partial charge in [0.15, 0.2) is 0 Å².